The van der Waals surface area contributed by atoms with Gasteiger partial charge >= 0.3 is 0 Å². The van der Waals surface area contributed by atoms with Crippen molar-refractivity contribution in [2.24, 2.45) is 5.92 Å². The number of likely N-dealkylation sites (N-methyl/N-ethyl adjacent to an activating group) is 1. The molecule has 0 N–H and O–H groups in total. The molecule has 1 saturated carbocycles. The average Bonchev–Trinajstić information content (AvgIpc) is 3.32. The molecule has 0 bridgehead atoms. The third kappa shape index (κ3) is 5.32. The summed E-state index contributed by atoms with van der Waals surface area (Å²) in [7, 11) is 1.84. The molecule has 1 saturated heterocycles. The molecule has 2 heterocycles. The molecule has 4 rings (SSSR count). The van der Waals surface area contributed by atoms with E-state index in [0.29, 0.717) is 56.2 Å². The third-order valence-electron chi connectivity index (χ3n) is 6.64. The Morgan fingerprint density at radius 1 is 1.06 bits per heavy atom. The highest BCUT2D eigenvalue weighted by Crippen LogP contribution is 2.31. The van der Waals surface area contributed by atoms with Gasteiger partial charge in [-0.15, -0.1) is 0 Å². The lowest BCUT2D eigenvalue weighted by Crippen LogP contribution is -2.43. The number of hydrogen-bond donors (Lipinski definition) is 0. The number of rotatable bonds is 6. The zero-order valence-electron chi connectivity index (χ0n) is 18.3. The molecular weight excluding hydrogens is 392 g/mol. The van der Waals surface area contributed by atoms with Crippen molar-refractivity contribution in [1.29, 1.82) is 0 Å². The number of amides is 2. The van der Waals surface area contributed by atoms with Gasteiger partial charge < -0.3 is 14.3 Å². The zero-order valence-corrected chi connectivity index (χ0v) is 18.3. The van der Waals surface area contributed by atoms with Gasteiger partial charge in [0.15, 0.2) is 5.82 Å². The summed E-state index contributed by atoms with van der Waals surface area (Å²) < 4.78 is 5.48. The van der Waals surface area contributed by atoms with E-state index in [2.05, 4.69) is 10.1 Å². The van der Waals surface area contributed by atoms with Gasteiger partial charge in [-0.1, -0.05) is 42.6 Å². The Kier molecular flexibility index (Phi) is 6.99. The topological polar surface area (TPSA) is 79.5 Å². The standard InChI is InChI=1S/C24H32N4O3/c1-27(15-14-21-25-22(31-26-21)18-8-4-2-5-9-18)23(29)20-12-16-28(17-13-20)24(30)19-10-6-3-7-11-19/h3,6-7,10-11,18,20H,2,4-5,8-9,12-17H2,1H3. The van der Waals surface area contributed by atoms with E-state index in [9.17, 15) is 9.59 Å². The van der Waals surface area contributed by atoms with Crippen molar-refractivity contribution in [3.8, 4) is 0 Å². The number of benzene rings is 1. The number of hydrogen-bond acceptors (Lipinski definition) is 5. The Bertz CT molecular complexity index is 868. The fourth-order valence-corrected chi connectivity index (χ4v) is 4.67. The lowest BCUT2D eigenvalue weighted by Gasteiger charge is -2.33. The highest BCUT2D eigenvalue weighted by molar-refractivity contribution is 5.94. The van der Waals surface area contributed by atoms with Crippen LogP contribution in [-0.2, 0) is 11.2 Å². The Labute approximate surface area is 183 Å². The van der Waals surface area contributed by atoms with Crippen LogP contribution in [0.4, 0.5) is 0 Å². The molecule has 0 atom stereocenters. The van der Waals surface area contributed by atoms with Crippen molar-refractivity contribution >= 4 is 11.8 Å². The maximum absolute atomic E-state index is 12.9. The largest absolute Gasteiger partial charge is 0.345 e. The molecule has 7 nitrogen and oxygen atoms in total. The van der Waals surface area contributed by atoms with E-state index in [1.165, 1.54) is 19.3 Å². The summed E-state index contributed by atoms with van der Waals surface area (Å²) in [6.45, 7) is 1.81. The van der Waals surface area contributed by atoms with Gasteiger partial charge in [-0.2, -0.15) is 4.98 Å². The second-order valence-electron chi connectivity index (χ2n) is 8.83. The summed E-state index contributed by atoms with van der Waals surface area (Å²) >= 11 is 0. The number of aromatic nitrogens is 2. The minimum atomic E-state index is -0.0344. The summed E-state index contributed by atoms with van der Waals surface area (Å²) in [4.78, 5) is 33.7. The van der Waals surface area contributed by atoms with Crippen molar-refractivity contribution < 1.29 is 14.1 Å². The second-order valence-corrected chi connectivity index (χ2v) is 8.83. The molecule has 2 aromatic rings. The van der Waals surface area contributed by atoms with Crippen LogP contribution >= 0.6 is 0 Å². The van der Waals surface area contributed by atoms with Crippen LogP contribution in [0.1, 0.15) is 72.9 Å². The molecule has 1 aliphatic heterocycles. The third-order valence-corrected chi connectivity index (χ3v) is 6.64. The van der Waals surface area contributed by atoms with E-state index in [0.717, 1.165) is 18.7 Å². The first-order valence-electron chi connectivity index (χ1n) is 11.5. The smallest absolute Gasteiger partial charge is 0.253 e. The molecule has 1 aromatic carbocycles. The highest BCUT2D eigenvalue weighted by Gasteiger charge is 2.29. The molecule has 2 fully saturated rings. The number of piperidine rings is 1. The van der Waals surface area contributed by atoms with E-state index in [1.54, 1.807) is 4.90 Å². The Hall–Kier alpha value is -2.70. The van der Waals surface area contributed by atoms with Crippen LogP contribution in [-0.4, -0.2) is 58.4 Å². The lowest BCUT2D eigenvalue weighted by atomic mass is 9.89. The maximum atomic E-state index is 12.9. The first-order valence-corrected chi connectivity index (χ1v) is 11.5. The molecule has 1 aromatic heterocycles. The van der Waals surface area contributed by atoms with E-state index in [-0.39, 0.29) is 17.7 Å². The molecule has 0 spiro atoms. The molecule has 0 unspecified atom stereocenters. The Balaban J connectivity index is 1.23. The van der Waals surface area contributed by atoms with Crippen molar-refractivity contribution in [1.82, 2.24) is 19.9 Å². The first kappa shape index (κ1) is 21.5. The van der Waals surface area contributed by atoms with Gasteiger partial charge in [0.25, 0.3) is 5.91 Å². The molecule has 166 valence electrons. The van der Waals surface area contributed by atoms with Gasteiger partial charge in [0.2, 0.25) is 11.8 Å². The Morgan fingerprint density at radius 2 is 1.77 bits per heavy atom. The normalized spacial score (nSPS) is 18.2. The van der Waals surface area contributed by atoms with Gasteiger partial charge in [-0.05, 0) is 37.8 Å². The van der Waals surface area contributed by atoms with Crippen LogP contribution in [0.15, 0.2) is 34.9 Å². The van der Waals surface area contributed by atoms with Crippen LogP contribution in [0.3, 0.4) is 0 Å². The fourth-order valence-electron chi connectivity index (χ4n) is 4.67. The molecule has 2 amide bonds. The van der Waals surface area contributed by atoms with Gasteiger partial charge in [0, 0.05) is 50.5 Å². The van der Waals surface area contributed by atoms with E-state index in [4.69, 9.17) is 4.52 Å². The van der Waals surface area contributed by atoms with Crippen molar-refractivity contribution in [3.05, 3.63) is 47.6 Å². The van der Waals surface area contributed by atoms with E-state index >= 15 is 0 Å². The van der Waals surface area contributed by atoms with E-state index in [1.807, 2.05) is 42.3 Å². The van der Waals surface area contributed by atoms with Gasteiger partial charge in [0.05, 0.1) is 0 Å². The number of likely N-dealkylation sites (tertiary alicyclic amines) is 1. The SMILES string of the molecule is CN(CCc1noc(C2CCCCC2)n1)C(=O)C1CCN(C(=O)c2ccccc2)CC1. The summed E-state index contributed by atoms with van der Waals surface area (Å²) in [6.07, 6.45) is 8.03. The van der Waals surface area contributed by atoms with E-state index < -0.39 is 0 Å². The van der Waals surface area contributed by atoms with Gasteiger partial charge in [-0.3, -0.25) is 9.59 Å². The van der Waals surface area contributed by atoms with Crippen LogP contribution in [0.25, 0.3) is 0 Å². The molecular formula is C24H32N4O3. The number of carbonyl (C=O) groups excluding carboxylic acids is 2. The lowest BCUT2D eigenvalue weighted by molar-refractivity contribution is -0.135. The molecule has 7 heteroatoms. The predicted molar refractivity (Wildman–Crippen MR) is 117 cm³/mol. The minimum Gasteiger partial charge on any atom is -0.345 e. The molecule has 1 aliphatic carbocycles. The van der Waals surface area contributed by atoms with Crippen LogP contribution in [0.5, 0.6) is 0 Å². The monoisotopic (exact) mass is 424 g/mol. The van der Waals surface area contributed by atoms with Crippen molar-refractivity contribution in [2.75, 3.05) is 26.7 Å². The highest BCUT2D eigenvalue weighted by atomic mass is 16.5. The maximum Gasteiger partial charge on any atom is 0.253 e. The first-order chi connectivity index (χ1) is 15.1. The van der Waals surface area contributed by atoms with Crippen LogP contribution < -0.4 is 0 Å². The zero-order chi connectivity index (χ0) is 21.6. The summed E-state index contributed by atoms with van der Waals surface area (Å²) in [6, 6.07) is 9.33. The van der Waals surface area contributed by atoms with Crippen LogP contribution in [0, 0.1) is 5.92 Å². The van der Waals surface area contributed by atoms with Crippen LogP contribution in [0.2, 0.25) is 0 Å². The Morgan fingerprint density at radius 3 is 2.48 bits per heavy atom. The number of nitrogens with zero attached hydrogens (tertiary/aromatic N) is 4. The van der Waals surface area contributed by atoms with Gasteiger partial charge in [0.1, 0.15) is 0 Å². The fraction of sp³-hybridized carbons (Fsp3) is 0.583. The van der Waals surface area contributed by atoms with Gasteiger partial charge in [-0.25, -0.2) is 0 Å². The summed E-state index contributed by atoms with van der Waals surface area (Å²) in [5.74, 6) is 2.00. The molecule has 2 aliphatic rings. The molecule has 31 heavy (non-hydrogen) atoms. The molecule has 0 radical (unpaired) electrons. The predicted octanol–water partition coefficient (Wildman–Crippen LogP) is 3.67. The minimum absolute atomic E-state index is 0.0344. The second kappa shape index (κ2) is 10.1. The van der Waals surface area contributed by atoms with Crippen molar-refractivity contribution in [3.63, 3.8) is 0 Å². The quantitative estimate of drug-likeness (QED) is 0.707. The average molecular weight is 425 g/mol. The number of carbonyl (C=O) groups is 2. The summed E-state index contributed by atoms with van der Waals surface area (Å²) in [5.41, 5.74) is 0.706. The summed E-state index contributed by atoms with van der Waals surface area (Å²) in [5, 5.41) is 4.13. The van der Waals surface area contributed by atoms with Crippen molar-refractivity contribution in [2.45, 2.75) is 57.3 Å².